The molecule has 1 aromatic rings. The third kappa shape index (κ3) is 1.44. The molecule has 1 N–H and O–H groups in total. The Morgan fingerprint density at radius 1 is 1.50 bits per heavy atom. The molecule has 1 aliphatic heterocycles. The molecule has 0 aromatic carbocycles. The van der Waals surface area contributed by atoms with Gasteiger partial charge in [-0.2, -0.15) is 0 Å². The zero-order chi connectivity index (χ0) is 11.2. The number of rotatable bonds is 1. The van der Waals surface area contributed by atoms with E-state index in [2.05, 4.69) is 9.55 Å². The summed E-state index contributed by atoms with van der Waals surface area (Å²) in [5.74, 6) is 0.443. The van der Waals surface area contributed by atoms with Gasteiger partial charge in [0.05, 0.1) is 5.92 Å². The van der Waals surface area contributed by atoms with E-state index in [1.165, 1.54) is 5.82 Å². The lowest BCUT2D eigenvalue weighted by molar-refractivity contribution is -0.143. The quantitative estimate of drug-likeness (QED) is 0.783. The molecule has 3 rings (SSSR count). The van der Waals surface area contributed by atoms with Gasteiger partial charge in [0.1, 0.15) is 5.82 Å². The topological polar surface area (TPSA) is 55.1 Å². The molecule has 1 aromatic heterocycles. The second-order valence-corrected chi connectivity index (χ2v) is 5.26. The number of carboxylic acids is 1. The van der Waals surface area contributed by atoms with Gasteiger partial charge in [0, 0.05) is 25.4 Å². The Labute approximate surface area is 94.3 Å². The molecule has 0 unspecified atom stereocenters. The van der Waals surface area contributed by atoms with Crippen molar-refractivity contribution in [1.82, 2.24) is 9.55 Å². The van der Waals surface area contributed by atoms with Crippen LogP contribution in [0, 0.1) is 11.3 Å². The molecule has 1 aliphatic carbocycles. The van der Waals surface area contributed by atoms with Crippen molar-refractivity contribution in [3.05, 3.63) is 18.2 Å². The van der Waals surface area contributed by atoms with E-state index >= 15 is 0 Å². The molecule has 16 heavy (non-hydrogen) atoms. The fourth-order valence-corrected chi connectivity index (χ4v) is 3.22. The van der Waals surface area contributed by atoms with Crippen LogP contribution in [0.5, 0.6) is 0 Å². The fraction of sp³-hybridized carbons (Fsp3) is 0.667. The van der Waals surface area contributed by atoms with Crippen molar-refractivity contribution < 1.29 is 9.90 Å². The number of hydrogen-bond donors (Lipinski definition) is 1. The molecule has 2 aliphatic rings. The van der Waals surface area contributed by atoms with Gasteiger partial charge in [-0.25, -0.2) is 4.98 Å². The molecule has 1 fully saturated rings. The largest absolute Gasteiger partial charge is 0.481 e. The van der Waals surface area contributed by atoms with Crippen molar-refractivity contribution in [2.75, 3.05) is 0 Å². The van der Waals surface area contributed by atoms with Gasteiger partial charge >= 0.3 is 5.97 Å². The number of carbonyl (C=O) groups is 1. The zero-order valence-electron chi connectivity index (χ0n) is 9.22. The molecule has 0 bridgehead atoms. The van der Waals surface area contributed by atoms with Crippen LogP contribution in [0.1, 0.15) is 31.5 Å². The lowest BCUT2D eigenvalue weighted by atomic mass is 9.69. The lowest BCUT2D eigenvalue weighted by Gasteiger charge is -2.35. The third-order valence-electron chi connectivity index (χ3n) is 4.24. The van der Waals surface area contributed by atoms with Crippen LogP contribution in [0.15, 0.2) is 12.4 Å². The van der Waals surface area contributed by atoms with Crippen molar-refractivity contribution in [1.29, 1.82) is 0 Å². The highest BCUT2D eigenvalue weighted by Gasteiger charge is 2.42. The van der Waals surface area contributed by atoms with E-state index in [9.17, 15) is 4.79 Å². The molecule has 1 saturated carbocycles. The van der Waals surface area contributed by atoms with E-state index in [1.807, 2.05) is 12.4 Å². The molecule has 4 heteroatoms. The van der Waals surface area contributed by atoms with E-state index in [-0.39, 0.29) is 5.92 Å². The molecular formula is C12H16N2O2. The molecular weight excluding hydrogens is 204 g/mol. The van der Waals surface area contributed by atoms with Crippen LogP contribution in [-0.2, 0) is 17.8 Å². The number of aliphatic carboxylic acids is 1. The molecule has 0 radical (unpaired) electrons. The minimum Gasteiger partial charge on any atom is -0.481 e. The standard InChI is InChI=1S/C12H16N2O2/c15-11(16)9-1-3-12(4-2-9)7-10-13-5-6-14(10)8-12/h5-6,9H,1-4,7-8H2,(H,15,16). The summed E-state index contributed by atoms with van der Waals surface area (Å²) >= 11 is 0. The summed E-state index contributed by atoms with van der Waals surface area (Å²) in [5.41, 5.74) is 0.315. The number of aromatic nitrogens is 2. The maximum absolute atomic E-state index is 10.9. The van der Waals surface area contributed by atoms with Crippen LogP contribution in [0.2, 0.25) is 0 Å². The highest BCUT2D eigenvalue weighted by Crippen LogP contribution is 2.45. The van der Waals surface area contributed by atoms with Gasteiger partial charge < -0.3 is 9.67 Å². The smallest absolute Gasteiger partial charge is 0.306 e. The maximum Gasteiger partial charge on any atom is 0.306 e. The predicted octanol–water partition coefficient (Wildman–Crippen LogP) is 1.70. The summed E-state index contributed by atoms with van der Waals surface area (Å²) in [6, 6.07) is 0. The first-order chi connectivity index (χ1) is 7.69. The Bertz CT molecular complexity index is 394. The van der Waals surface area contributed by atoms with Crippen LogP contribution >= 0.6 is 0 Å². The summed E-state index contributed by atoms with van der Waals surface area (Å²) in [6.45, 7) is 1.04. The van der Waals surface area contributed by atoms with Crippen LogP contribution in [0.25, 0.3) is 0 Å². The Morgan fingerprint density at radius 2 is 2.25 bits per heavy atom. The number of fused-ring (bicyclic) bond motifs is 1. The van der Waals surface area contributed by atoms with Gasteiger partial charge in [-0.1, -0.05) is 0 Å². The van der Waals surface area contributed by atoms with Crippen LogP contribution in [0.4, 0.5) is 0 Å². The number of imidazole rings is 1. The molecule has 0 atom stereocenters. The first-order valence-electron chi connectivity index (χ1n) is 5.91. The second-order valence-electron chi connectivity index (χ2n) is 5.26. The van der Waals surface area contributed by atoms with Crippen LogP contribution < -0.4 is 0 Å². The summed E-state index contributed by atoms with van der Waals surface area (Å²) in [5, 5.41) is 8.99. The van der Waals surface area contributed by atoms with Crippen molar-refractivity contribution >= 4 is 5.97 Å². The van der Waals surface area contributed by atoms with E-state index in [4.69, 9.17) is 5.11 Å². The molecule has 0 saturated heterocycles. The average molecular weight is 220 g/mol. The summed E-state index contributed by atoms with van der Waals surface area (Å²) in [7, 11) is 0. The van der Waals surface area contributed by atoms with Crippen molar-refractivity contribution in [2.24, 2.45) is 11.3 Å². The summed E-state index contributed by atoms with van der Waals surface area (Å²) < 4.78 is 2.22. The van der Waals surface area contributed by atoms with Gasteiger partial charge in [-0.15, -0.1) is 0 Å². The Balaban J connectivity index is 1.71. The normalized spacial score (nSPS) is 32.9. The van der Waals surface area contributed by atoms with Gasteiger partial charge in [0.2, 0.25) is 0 Å². The minimum atomic E-state index is -0.620. The Kier molecular flexibility index (Phi) is 2.06. The second kappa shape index (κ2) is 3.34. The fourth-order valence-electron chi connectivity index (χ4n) is 3.22. The zero-order valence-corrected chi connectivity index (χ0v) is 9.22. The van der Waals surface area contributed by atoms with E-state index in [0.29, 0.717) is 5.41 Å². The van der Waals surface area contributed by atoms with E-state index < -0.39 is 5.97 Å². The number of hydrogen-bond acceptors (Lipinski definition) is 2. The predicted molar refractivity (Wildman–Crippen MR) is 58.0 cm³/mol. The summed E-state index contributed by atoms with van der Waals surface area (Å²) in [6.07, 6.45) is 8.66. The van der Waals surface area contributed by atoms with E-state index in [0.717, 1.165) is 38.6 Å². The van der Waals surface area contributed by atoms with Crippen LogP contribution in [-0.4, -0.2) is 20.6 Å². The Hall–Kier alpha value is -1.32. The molecule has 86 valence electrons. The molecule has 1 spiro atoms. The average Bonchev–Trinajstić information content (AvgIpc) is 2.77. The van der Waals surface area contributed by atoms with Gasteiger partial charge in [-0.3, -0.25) is 4.79 Å². The molecule has 2 heterocycles. The van der Waals surface area contributed by atoms with Crippen molar-refractivity contribution in [2.45, 2.75) is 38.6 Å². The number of carboxylic acid groups (broad SMARTS) is 1. The maximum atomic E-state index is 10.9. The van der Waals surface area contributed by atoms with Gasteiger partial charge in [-0.05, 0) is 31.1 Å². The van der Waals surface area contributed by atoms with Gasteiger partial charge in [0.15, 0.2) is 0 Å². The molecule has 4 nitrogen and oxygen atoms in total. The highest BCUT2D eigenvalue weighted by atomic mass is 16.4. The lowest BCUT2D eigenvalue weighted by Crippen LogP contribution is -2.31. The van der Waals surface area contributed by atoms with Crippen molar-refractivity contribution in [3.8, 4) is 0 Å². The minimum absolute atomic E-state index is 0.112. The summed E-state index contributed by atoms with van der Waals surface area (Å²) in [4.78, 5) is 15.3. The monoisotopic (exact) mass is 220 g/mol. The highest BCUT2D eigenvalue weighted by molar-refractivity contribution is 5.70. The van der Waals surface area contributed by atoms with Crippen molar-refractivity contribution in [3.63, 3.8) is 0 Å². The van der Waals surface area contributed by atoms with Crippen LogP contribution in [0.3, 0.4) is 0 Å². The van der Waals surface area contributed by atoms with Gasteiger partial charge in [0.25, 0.3) is 0 Å². The van der Waals surface area contributed by atoms with E-state index in [1.54, 1.807) is 0 Å². The Morgan fingerprint density at radius 3 is 2.88 bits per heavy atom. The first-order valence-corrected chi connectivity index (χ1v) is 5.91. The molecule has 0 amide bonds. The SMILES string of the molecule is O=C(O)C1CCC2(CC1)Cc1nccn1C2. The first kappa shape index (κ1) is 9.87. The third-order valence-corrected chi connectivity index (χ3v) is 4.24. The number of nitrogens with zero attached hydrogens (tertiary/aromatic N) is 2.